The Hall–Kier alpha value is -3.13. The molecule has 2 amide bonds. The normalized spacial score (nSPS) is 19.2. The Balaban J connectivity index is 1.39. The Morgan fingerprint density at radius 1 is 1.14 bits per heavy atom. The maximum atomic E-state index is 12.8. The predicted octanol–water partition coefficient (Wildman–Crippen LogP) is 2.49. The average Bonchev–Trinajstić information content (AvgIpc) is 3.28. The zero-order chi connectivity index (χ0) is 20.0. The number of aromatic nitrogens is 1. The fraction of sp³-hybridized carbons (Fsp3) is 0.286. The molecule has 2 aliphatic rings. The number of aryl methyl sites for hydroxylation is 1. The van der Waals surface area contributed by atoms with Gasteiger partial charge in [-0.3, -0.25) is 9.59 Å². The second kappa shape index (κ2) is 7.04. The number of amides is 2. The number of carbonyl (C=O) groups excluding carboxylic acids is 2. The SMILES string of the molecule is Cn1c(=NC(=O)C2CC(=O)N(c3ccc4c(c3)OCCO4)C2)sc2ccccc21. The van der Waals surface area contributed by atoms with Gasteiger partial charge in [0.2, 0.25) is 5.91 Å². The van der Waals surface area contributed by atoms with Crippen LogP contribution in [-0.2, 0) is 16.6 Å². The number of fused-ring (bicyclic) bond motifs is 2. The molecule has 3 heterocycles. The van der Waals surface area contributed by atoms with E-state index in [1.165, 1.54) is 11.3 Å². The van der Waals surface area contributed by atoms with Crippen molar-refractivity contribution in [1.82, 2.24) is 4.57 Å². The monoisotopic (exact) mass is 409 g/mol. The van der Waals surface area contributed by atoms with E-state index in [9.17, 15) is 9.59 Å². The molecular weight excluding hydrogens is 390 g/mol. The van der Waals surface area contributed by atoms with Crippen molar-refractivity contribution in [2.45, 2.75) is 6.42 Å². The average molecular weight is 409 g/mol. The lowest BCUT2D eigenvalue weighted by Crippen LogP contribution is -2.26. The van der Waals surface area contributed by atoms with Crippen LogP contribution < -0.4 is 19.2 Å². The van der Waals surface area contributed by atoms with E-state index in [2.05, 4.69) is 4.99 Å². The van der Waals surface area contributed by atoms with Crippen molar-refractivity contribution < 1.29 is 19.1 Å². The Bertz CT molecular complexity index is 1200. The van der Waals surface area contributed by atoms with Crippen molar-refractivity contribution in [2.24, 2.45) is 18.0 Å². The summed E-state index contributed by atoms with van der Waals surface area (Å²) in [4.78, 5) is 32.0. The number of hydrogen-bond acceptors (Lipinski definition) is 5. The van der Waals surface area contributed by atoms with Crippen molar-refractivity contribution in [2.75, 3.05) is 24.7 Å². The van der Waals surface area contributed by atoms with Gasteiger partial charge in [0.15, 0.2) is 16.3 Å². The third-order valence-corrected chi connectivity index (χ3v) is 6.35. The second-order valence-corrected chi connectivity index (χ2v) is 8.10. The zero-order valence-electron chi connectivity index (χ0n) is 15.8. The third kappa shape index (κ3) is 3.19. The van der Waals surface area contributed by atoms with Crippen LogP contribution in [0.4, 0.5) is 5.69 Å². The lowest BCUT2D eigenvalue weighted by atomic mass is 10.1. The molecule has 1 unspecified atom stereocenters. The molecule has 5 rings (SSSR count). The maximum absolute atomic E-state index is 12.8. The summed E-state index contributed by atoms with van der Waals surface area (Å²) in [7, 11) is 1.90. The fourth-order valence-corrected chi connectivity index (χ4v) is 4.72. The van der Waals surface area contributed by atoms with Crippen LogP contribution in [0.5, 0.6) is 11.5 Å². The van der Waals surface area contributed by atoms with Gasteiger partial charge in [0, 0.05) is 31.8 Å². The van der Waals surface area contributed by atoms with E-state index in [0.717, 1.165) is 10.2 Å². The number of benzene rings is 2. The minimum absolute atomic E-state index is 0.0871. The van der Waals surface area contributed by atoms with Crippen molar-refractivity contribution in [3.63, 3.8) is 0 Å². The quantitative estimate of drug-likeness (QED) is 0.652. The Morgan fingerprint density at radius 2 is 1.93 bits per heavy atom. The molecule has 7 nitrogen and oxygen atoms in total. The molecule has 0 radical (unpaired) electrons. The Labute approximate surface area is 170 Å². The molecule has 8 heteroatoms. The molecule has 2 aromatic carbocycles. The van der Waals surface area contributed by atoms with E-state index in [1.54, 1.807) is 17.0 Å². The van der Waals surface area contributed by atoms with Gasteiger partial charge in [0.1, 0.15) is 13.2 Å². The summed E-state index contributed by atoms with van der Waals surface area (Å²) >= 11 is 1.47. The van der Waals surface area contributed by atoms with E-state index in [-0.39, 0.29) is 18.2 Å². The van der Waals surface area contributed by atoms with Crippen molar-refractivity contribution >= 4 is 39.1 Å². The van der Waals surface area contributed by atoms with Crippen molar-refractivity contribution in [1.29, 1.82) is 0 Å². The predicted molar refractivity (Wildman–Crippen MR) is 109 cm³/mol. The van der Waals surface area contributed by atoms with Crippen LogP contribution in [0.2, 0.25) is 0 Å². The summed E-state index contributed by atoms with van der Waals surface area (Å²) in [6.07, 6.45) is 0.158. The van der Waals surface area contributed by atoms with Gasteiger partial charge < -0.3 is 18.9 Å². The number of thiazole rings is 1. The summed E-state index contributed by atoms with van der Waals surface area (Å²) in [5.74, 6) is 0.488. The molecular formula is C21H19N3O4S. The summed E-state index contributed by atoms with van der Waals surface area (Å²) < 4.78 is 14.1. The first-order valence-corrected chi connectivity index (χ1v) is 10.2. The number of nitrogens with zero attached hydrogens (tertiary/aromatic N) is 3. The zero-order valence-corrected chi connectivity index (χ0v) is 16.6. The number of anilines is 1. The molecule has 148 valence electrons. The van der Waals surface area contributed by atoms with E-state index < -0.39 is 5.92 Å². The standard InChI is InChI=1S/C21H19N3O4S/c1-23-15-4-2-3-5-18(15)29-21(23)22-20(26)13-10-19(25)24(12-13)14-6-7-16-17(11-14)28-9-8-27-16/h2-7,11,13H,8-10,12H2,1H3. The summed E-state index contributed by atoms with van der Waals surface area (Å²) in [6, 6.07) is 13.3. The molecule has 1 fully saturated rings. The van der Waals surface area contributed by atoms with Gasteiger partial charge in [-0.05, 0) is 24.3 Å². The van der Waals surface area contributed by atoms with Gasteiger partial charge in [-0.25, -0.2) is 0 Å². The van der Waals surface area contributed by atoms with Crippen LogP contribution >= 0.6 is 11.3 Å². The summed E-state index contributed by atoms with van der Waals surface area (Å²) in [5.41, 5.74) is 1.74. The van der Waals surface area contributed by atoms with Crippen molar-refractivity contribution in [3.8, 4) is 11.5 Å². The summed E-state index contributed by atoms with van der Waals surface area (Å²) in [6.45, 7) is 1.31. The van der Waals surface area contributed by atoms with Crippen LogP contribution in [0.25, 0.3) is 10.2 Å². The van der Waals surface area contributed by atoms with Crippen LogP contribution in [0.3, 0.4) is 0 Å². The largest absolute Gasteiger partial charge is 0.486 e. The summed E-state index contributed by atoms with van der Waals surface area (Å²) in [5, 5.41) is 0. The van der Waals surface area contributed by atoms with Gasteiger partial charge in [-0.1, -0.05) is 23.5 Å². The maximum Gasteiger partial charge on any atom is 0.253 e. The van der Waals surface area contributed by atoms with Gasteiger partial charge in [-0.2, -0.15) is 4.99 Å². The van der Waals surface area contributed by atoms with Crippen LogP contribution in [-0.4, -0.2) is 36.1 Å². The molecule has 2 aliphatic heterocycles. The number of carbonyl (C=O) groups is 2. The molecule has 3 aromatic rings. The first-order valence-electron chi connectivity index (χ1n) is 9.43. The van der Waals surface area contributed by atoms with Crippen molar-refractivity contribution in [3.05, 3.63) is 47.3 Å². The highest BCUT2D eigenvalue weighted by Gasteiger charge is 2.35. The number of hydrogen-bond donors (Lipinski definition) is 0. The smallest absolute Gasteiger partial charge is 0.253 e. The lowest BCUT2D eigenvalue weighted by Gasteiger charge is -2.22. The molecule has 1 saturated heterocycles. The number of rotatable bonds is 2. The molecule has 1 atom stereocenters. The van der Waals surface area contributed by atoms with Gasteiger partial charge in [0.25, 0.3) is 5.91 Å². The molecule has 0 saturated carbocycles. The second-order valence-electron chi connectivity index (χ2n) is 7.09. The highest BCUT2D eigenvalue weighted by molar-refractivity contribution is 7.16. The molecule has 0 spiro atoms. The minimum Gasteiger partial charge on any atom is -0.486 e. The first kappa shape index (κ1) is 17.9. The van der Waals surface area contributed by atoms with Gasteiger partial charge in [0.05, 0.1) is 16.1 Å². The number of ether oxygens (including phenoxy) is 2. The molecule has 0 bridgehead atoms. The number of para-hydroxylation sites is 1. The van der Waals surface area contributed by atoms with Gasteiger partial charge in [-0.15, -0.1) is 0 Å². The topological polar surface area (TPSA) is 73.1 Å². The molecule has 0 aliphatic carbocycles. The van der Waals surface area contributed by atoms with Crippen LogP contribution in [0.1, 0.15) is 6.42 Å². The van der Waals surface area contributed by atoms with E-state index in [0.29, 0.717) is 41.7 Å². The minimum atomic E-state index is -0.457. The highest BCUT2D eigenvalue weighted by Crippen LogP contribution is 2.36. The van der Waals surface area contributed by atoms with Gasteiger partial charge >= 0.3 is 0 Å². The molecule has 0 N–H and O–H groups in total. The van der Waals surface area contributed by atoms with E-state index >= 15 is 0 Å². The molecule has 29 heavy (non-hydrogen) atoms. The van der Waals surface area contributed by atoms with Crippen LogP contribution in [0, 0.1) is 5.92 Å². The Kier molecular flexibility index (Phi) is 4.35. The third-order valence-electron chi connectivity index (χ3n) is 5.23. The fourth-order valence-electron chi connectivity index (χ4n) is 3.70. The van der Waals surface area contributed by atoms with Crippen LogP contribution in [0.15, 0.2) is 47.5 Å². The first-order chi connectivity index (χ1) is 14.1. The Morgan fingerprint density at radius 3 is 2.76 bits per heavy atom. The van der Waals surface area contributed by atoms with E-state index in [1.807, 2.05) is 41.9 Å². The highest BCUT2D eigenvalue weighted by atomic mass is 32.1. The van der Waals surface area contributed by atoms with E-state index in [4.69, 9.17) is 9.47 Å². The lowest BCUT2D eigenvalue weighted by molar-refractivity contribution is -0.123. The molecule has 1 aromatic heterocycles.